The summed E-state index contributed by atoms with van der Waals surface area (Å²) in [5.41, 5.74) is 2.13. The summed E-state index contributed by atoms with van der Waals surface area (Å²) in [4.78, 5) is 23.1. The van der Waals surface area contributed by atoms with Crippen molar-refractivity contribution in [1.29, 1.82) is 0 Å². The Morgan fingerprint density at radius 3 is 2.30 bits per heavy atom. The van der Waals surface area contributed by atoms with Crippen LogP contribution in [-0.4, -0.2) is 11.7 Å². The van der Waals surface area contributed by atoms with Crippen LogP contribution in [0.3, 0.4) is 0 Å². The molecule has 0 aromatic heterocycles. The zero-order chi connectivity index (χ0) is 14.4. The van der Waals surface area contributed by atoms with Crippen molar-refractivity contribution in [3.63, 3.8) is 0 Å². The van der Waals surface area contributed by atoms with Crippen molar-refractivity contribution in [2.24, 2.45) is 0 Å². The highest BCUT2D eigenvalue weighted by atomic mass is 16.1. The zero-order valence-corrected chi connectivity index (χ0v) is 11.2. The molecule has 3 heteroatoms. The first kappa shape index (κ1) is 13.7. The molecule has 2 aromatic carbocycles. The molecule has 0 aliphatic heterocycles. The molecule has 0 aliphatic carbocycles. The zero-order valence-electron chi connectivity index (χ0n) is 11.2. The molecular formula is C17H15NO2. The molecule has 0 aliphatic rings. The average molecular weight is 265 g/mol. The third kappa shape index (κ3) is 3.65. The summed E-state index contributed by atoms with van der Waals surface area (Å²) in [6.07, 6.45) is 3.22. The van der Waals surface area contributed by atoms with Gasteiger partial charge in [0.1, 0.15) is 0 Å². The van der Waals surface area contributed by atoms with Gasteiger partial charge in [-0.2, -0.15) is 0 Å². The Morgan fingerprint density at radius 1 is 0.950 bits per heavy atom. The van der Waals surface area contributed by atoms with E-state index >= 15 is 0 Å². The molecule has 1 N–H and O–H groups in total. The van der Waals surface area contributed by atoms with E-state index < -0.39 is 0 Å². The van der Waals surface area contributed by atoms with Crippen LogP contribution < -0.4 is 5.32 Å². The number of hydrogen-bond acceptors (Lipinski definition) is 2. The fraction of sp³-hybridized carbons (Fsp3) is 0.0588. The van der Waals surface area contributed by atoms with Crippen LogP contribution in [-0.2, 0) is 4.79 Å². The summed E-state index contributed by atoms with van der Waals surface area (Å²) in [5.74, 6) is -0.205. The van der Waals surface area contributed by atoms with Crippen LogP contribution in [0.4, 0.5) is 5.69 Å². The van der Waals surface area contributed by atoms with E-state index in [2.05, 4.69) is 5.32 Å². The largest absolute Gasteiger partial charge is 0.326 e. The number of allylic oxidation sites excluding steroid dienone is 1. The smallest absolute Gasteiger partial charge is 0.221 e. The van der Waals surface area contributed by atoms with Crippen LogP contribution in [0.25, 0.3) is 6.08 Å². The van der Waals surface area contributed by atoms with Gasteiger partial charge in [-0.3, -0.25) is 9.59 Å². The van der Waals surface area contributed by atoms with E-state index in [0.29, 0.717) is 11.3 Å². The molecule has 3 nitrogen and oxygen atoms in total. The predicted molar refractivity (Wildman–Crippen MR) is 80.6 cm³/mol. The Labute approximate surface area is 117 Å². The number of nitrogens with one attached hydrogen (secondary N) is 1. The van der Waals surface area contributed by atoms with E-state index in [1.807, 2.05) is 36.4 Å². The maximum Gasteiger partial charge on any atom is 0.221 e. The van der Waals surface area contributed by atoms with Gasteiger partial charge in [0, 0.05) is 18.2 Å². The molecule has 20 heavy (non-hydrogen) atoms. The number of hydrogen-bond donors (Lipinski definition) is 1. The SMILES string of the molecule is CC(=O)Nc1ccccc1C=CC(=O)c1ccccc1. The third-order valence-electron chi connectivity index (χ3n) is 2.74. The van der Waals surface area contributed by atoms with Gasteiger partial charge in [-0.15, -0.1) is 0 Å². The van der Waals surface area contributed by atoms with E-state index in [1.165, 1.54) is 13.0 Å². The highest BCUT2D eigenvalue weighted by molar-refractivity contribution is 6.07. The summed E-state index contributed by atoms with van der Waals surface area (Å²) in [6, 6.07) is 16.4. The van der Waals surface area contributed by atoms with E-state index in [0.717, 1.165) is 5.56 Å². The lowest BCUT2D eigenvalue weighted by Gasteiger charge is -2.05. The molecule has 0 heterocycles. The number of rotatable bonds is 4. The Hall–Kier alpha value is -2.68. The van der Waals surface area contributed by atoms with Gasteiger partial charge in [0.25, 0.3) is 0 Å². The van der Waals surface area contributed by atoms with Gasteiger partial charge in [0.15, 0.2) is 5.78 Å². The molecular weight excluding hydrogens is 250 g/mol. The Kier molecular flexibility index (Phi) is 4.45. The maximum absolute atomic E-state index is 12.0. The van der Waals surface area contributed by atoms with Crippen molar-refractivity contribution in [3.05, 3.63) is 71.8 Å². The van der Waals surface area contributed by atoms with Gasteiger partial charge >= 0.3 is 0 Å². The number of anilines is 1. The van der Waals surface area contributed by atoms with E-state index in [4.69, 9.17) is 0 Å². The third-order valence-corrected chi connectivity index (χ3v) is 2.74. The molecule has 0 bridgehead atoms. The molecule has 0 fully saturated rings. The van der Waals surface area contributed by atoms with Crippen molar-refractivity contribution >= 4 is 23.5 Å². The highest BCUT2D eigenvalue weighted by Crippen LogP contribution is 2.17. The average Bonchev–Trinajstić information content (AvgIpc) is 2.46. The number of amides is 1. The Morgan fingerprint density at radius 2 is 1.60 bits per heavy atom. The number of benzene rings is 2. The first-order chi connectivity index (χ1) is 9.66. The highest BCUT2D eigenvalue weighted by Gasteiger charge is 2.02. The van der Waals surface area contributed by atoms with E-state index in [-0.39, 0.29) is 11.7 Å². The molecule has 0 spiro atoms. The van der Waals surface area contributed by atoms with Crippen molar-refractivity contribution < 1.29 is 9.59 Å². The standard InChI is InChI=1S/C17H15NO2/c1-13(19)18-16-10-6-5-7-14(16)11-12-17(20)15-8-3-2-4-9-15/h2-12H,1H3,(H,18,19). The molecule has 0 saturated heterocycles. The Bertz CT molecular complexity index is 645. The van der Waals surface area contributed by atoms with Gasteiger partial charge in [-0.05, 0) is 23.8 Å². The minimum Gasteiger partial charge on any atom is -0.326 e. The van der Waals surface area contributed by atoms with Crippen LogP contribution >= 0.6 is 0 Å². The number of para-hydroxylation sites is 1. The van der Waals surface area contributed by atoms with Gasteiger partial charge in [-0.1, -0.05) is 48.5 Å². The van der Waals surface area contributed by atoms with Gasteiger partial charge in [0.05, 0.1) is 0 Å². The normalized spacial score (nSPS) is 10.4. The number of carbonyl (C=O) groups excluding carboxylic acids is 2. The van der Waals surface area contributed by atoms with Crippen LogP contribution in [0.5, 0.6) is 0 Å². The topological polar surface area (TPSA) is 46.2 Å². The molecule has 0 saturated carbocycles. The molecule has 1 amide bonds. The summed E-state index contributed by atoms with van der Waals surface area (Å²) in [6.45, 7) is 1.45. The van der Waals surface area contributed by atoms with Gasteiger partial charge in [0.2, 0.25) is 5.91 Å². The fourth-order valence-electron chi connectivity index (χ4n) is 1.81. The lowest BCUT2D eigenvalue weighted by Crippen LogP contribution is -2.06. The maximum atomic E-state index is 12.0. The minimum absolute atomic E-state index is 0.0665. The summed E-state index contributed by atoms with van der Waals surface area (Å²) >= 11 is 0. The van der Waals surface area contributed by atoms with Crippen LogP contribution in [0, 0.1) is 0 Å². The molecule has 2 rings (SSSR count). The first-order valence-corrected chi connectivity index (χ1v) is 6.31. The summed E-state index contributed by atoms with van der Waals surface area (Å²) in [5, 5.41) is 2.74. The quantitative estimate of drug-likeness (QED) is 0.679. The van der Waals surface area contributed by atoms with Crippen molar-refractivity contribution in [2.75, 3.05) is 5.32 Å². The van der Waals surface area contributed by atoms with Crippen molar-refractivity contribution in [2.45, 2.75) is 6.92 Å². The lowest BCUT2D eigenvalue weighted by molar-refractivity contribution is -0.114. The second-order valence-electron chi connectivity index (χ2n) is 4.33. The van der Waals surface area contributed by atoms with Crippen LogP contribution in [0.15, 0.2) is 60.7 Å². The molecule has 0 atom stereocenters. The molecule has 100 valence electrons. The second kappa shape index (κ2) is 6.48. The van der Waals surface area contributed by atoms with Gasteiger partial charge < -0.3 is 5.32 Å². The van der Waals surface area contributed by atoms with E-state index in [9.17, 15) is 9.59 Å². The van der Waals surface area contributed by atoms with Crippen molar-refractivity contribution in [3.8, 4) is 0 Å². The lowest BCUT2D eigenvalue weighted by atomic mass is 10.1. The Balaban J connectivity index is 2.19. The molecule has 0 radical (unpaired) electrons. The number of ketones is 1. The van der Waals surface area contributed by atoms with Gasteiger partial charge in [-0.25, -0.2) is 0 Å². The van der Waals surface area contributed by atoms with E-state index in [1.54, 1.807) is 24.3 Å². The number of carbonyl (C=O) groups is 2. The van der Waals surface area contributed by atoms with Crippen molar-refractivity contribution in [1.82, 2.24) is 0 Å². The van der Waals surface area contributed by atoms with Crippen LogP contribution in [0.1, 0.15) is 22.8 Å². The second-order valence-corrected chi connectivity index (χ2v) is 4.33. The first-order valence-electron chi connectivity index (χ1n) is 6.31. The predicted octanol–water partition coefficient (Wildman–Crippen LogP) is 3.54. The monoisotopic (exact) mass is 265 g/mol. The summed E-state index contributed by atoms with van der Waals surface area (Å²) < 4.78 is 0. The fourth-order valence-corrected chi connectivity index (χ4v) is 1.81. The van der Waals surface area contributed by atoms with Crippen LogP contribution in [0.2, 0.25) is 0 Å². The minimum atomic E-state index is -0.139. The molecule has 0 unspecified atom stereocenters. The molecule has 2 aromatic rings. The summed E-state index contributed by atoms with van der Waals surface area (Å²) in [7, 11) is 0.